The highest BCUT2D eigenvalue weighted by Gasteiger charge is 2.22. The highest BCUT2D eigenvalue weighted by atomic mass is 32.2. The van der Waals surface area contributed by atoms with Crippen molar-refractivity contribution in [2.45, 2.75) is 6.54 Å². The van der Waals surface area contributed by atoms with Crippen molar-refractivity contribution in [2.24, 2.45) is 0 Å². The van der Waals surface area contributed by atoms with E-state index in [1.165, 1.54) is 19.2 Å². The summed E-state index contributed by atoms with van der Waals surface area (Å²) < 4.78 is 30.1. The van der Waals surface area contributed by atoms with E-state index in [2.05, 4.69) is 5.32 Å². The second kappa shape index (κ2) is 8.60. The van der Waals surface area contributed by atoms with Gasteiger partial charge in [0.05, 0.1) is 30.5 Å². The zero-order valence-corrected chi connectivity index (χ0v) is 15.6. The number of nitrogens with one attached hydrogen (secondary N) is 1. The largest absolute Gasteiger partial charge is 0.495 e. The topological polar surface area (TPSA) is 119 Å². The number of benzene rings is 2. The molecule has 0 unspecified atom stereocenters. The van der Waals surface area contributed by atoms with Gasteiger partial charge in [0, 0.05) is 18.7 Å². The third-order valence-electron chi connectivity index (χ3n) is 3.66. The maximum absolute atomic E-state index is 12.4. The van der Waals surface area contributed by atoms with Gasteiger partial charge in [0.2, 0.25) is 15.9 Å². The third-order valence-corrected chi connectivity index (χ3v) is 4.85. The number of nitro benzene ring substituents is 1. The van der Waals surface area contributed by atoms with Crippen LogP contribution in [0, 0.1) is 10.1 Å². The van der Waals surface area contributed by atoms with Gasteiger partial charge in [-0.3, -0.25) is 14.9 Å². The molecule has 2 aromatic carbocycles. The smallest absolute Gasteiger partial charge is 0.271 e. The lowest BCUT2D eigenvalue weighted by atomic mass is 10.2. The van der Waals surface area contributed by atoms with Crippen molar-refractivity contribution in [3.63, 3.8) is 0 Å². The molecule has 0 saturated heterocycles. The number of hydrogen-bond donors (Lipinski definition) is 1. The van der Waals surface area contributed by atoms with E-state index < -0.39 is 27.4 Å². The van der Waals surface area contributed by atoms with Gasteiger partial charge >= 0.3 is 0 Å². The molecule has 1 N–H and O–H groups in total. The summed E-state index contributed by atoms with van der Waals surface area (Å²) in [5.41, 5.74) is 0.587. The Morgan fingerprint density at radius 3 is 2.44 bits per heavy atom. The number of carbonyl (C=O) groups is 1. The molecule has 0 fully saturated rings. The van der Waals surface area contributed by atoms with Crippen LogP contribution < -0.4 is 10.1 Å². The molecule has 0 aromatic heterocycles. The normalized spacial score (nSPS) is 11.2. The number of nitro groups is 1. The van der Waals surface area contributed by atoms with E-state index in [0.29, 0.717) is 0 Å². The molecule has 0 aliphatic rings. The summed E-state index contributed by atoms with van der Waals surface area (Å²) in [5, 5.41) is 13.4. The van der Waals surface area contributed by atoms with Gasteiger partial charge in [-0.25, -0.2) is 8.42 Å². The molecule has 0 spiro atoms. The number of rotatable bonds is 8. The van der Waals surface area contributed by atoms with E-state index in [9.17, 15) is 23.3 Å². The Morgan fingerprint density at radius 2 is 1.89 bits per heavy atom. The number of amides is 1. The molecule has 0 heterocycles. The van der Waals surface area contributed by atoms with Gasteiger partial charge in [0.1, 0.15) is 5.75 Å². The first-order valence-corrected chi connectivity index (χ1v) is 9.67. The Morgan fingerprint density at radius 1 is 1.22 bits per heavy atom. The fourth-order valence-corrected chi connectivity index (χ4v) is 3.07. The molecule has 27 heavy (non-hydrogen) atoms. The van der Waals surface area contributed by atoms with Crippen molar-refractivity contribution >= 4 is 27.3 Å². The predicted molar refractivity (Wildman–Crippen MR) is 100.0 cm³/mol. The van der Waals surface area contributed by atoms with E-state index >= 15 is 0 Å². The number of nitrogens with zero attached hydrogens (tertiary/aromatic N) is 2. The lowest BCUT2D eigenvalue weighted by Crippen LogP contribution is -2.36. The fraction of sp³-hybridized carbons (Fsp3) is 0.235. The minimum Gasteiger partial charge on any atom is -0.495 e. The summed E-state index contributed by atoms with van der Waals surface area (Å²) in [5.74, 6) is -0.418. The molecule has 2 aromatic rings. The first kappa shape index (κ1) is 20.3. The summed E-state index contributed by atoms with van der Waals surface area (Å²) in [7, 11) is -2.30. The molecule has 144 valence electrons. The van der Waals surface area contributed by atoms with Gasteiger partial charge in [0.25, 0.3) is 5.69 Å². The first-order chi connectivity index (χ1) is 12.7. The van der Waals surface area contributed by atoms with Gasteiger partial charge in [-0.15, -0.1) is 0 Å². The monoisotopic (exact) mass is 393 g/mol. The summed E-state index contributed by atoms with van der Waals surface area (Å²) >= 11 is 0. The van der Waals surface area contributed by atoms with Crippen LogP contribution in [0.2, 0.25) is 0 Å². The van der Waals surface area contributed by atoms with Crippen LogP contribution in [0.5, 0.6) is 5.75 Å². The Hall–Kier alpha value is -2.98. The zero-order valence-electron chi connectivity index (χ0n) is 14.8. The molecule has 0 radical (unpaired) electrons. The molecular weight excluding hydrogens is 374 g/mol. The second-order valence-corrected chi connectivity index (χ2v) is 7.69. The zero-order chi connectivity index (χ0) is 20.0. The van der Waals surface area contributed by atoms with E-state index in [0.717, 1.165) is 22.2 Å². The molecule has 0 aliphatic heterocycles. The molecule has 0 aliphatic carbocycles. The van der Waals surface area contributed by atoms with Crippen LogP contribution in [0.4, 0.5) is 11.4 Å². The van der Waals surface area contributed by atoms with Crippen LogP contribution in [-0.2, 0) is 21.4 Å². The quantitative estimate of drug-likeness (QED) is 0.541. The fourth-order valence-electron chi connectivity index (χ4n) is 2.33. The lowest BCUT2D eigenvalue weighted by Gasteiger charge is -2.20. The van der Waals surface area contributed by atoms with E-state index in [1.807, 2.05) is 0 Å². The standard InChI is InChI=1S/C17H19N3O6S/c1-26-16-9-8-14(20(22)23)10-15(16)18-17(21)12-19(27(2,24)25)11-13-6-4-3-5-7-13/h3-10H,11-12H2,1-2H3,(H,18,21). The van der Waals surface area contributed by atoms with Gasteiger partial charge in [-0.05, 0) is 11.6 Å². The predicted octanol–water partition coefficient (Wildman–Crippen LogP) is 2.00. The van der Waals surface area contributed by atoms with Gasteiger partial charge in [-0.1, -0.05) is 30.3 Å². The van der Waals surface area contributed by atoms with Crippen molar-refractivity contribution in [3.8, 4) is 5.75 Å². The second-order valence-electron chi connectivity index (χ2n) is 5.71. The van der Waals surface area contributed by atoms with Crippen molar-refractivity contribution in [2.75, 3.05) is 25.2 Å². The SMILES string of the molecule is COc1ccc([N+](=O)[O-])cc1NC(=O)CN(Cc1ccccc1)S(C)(=O)=O. The highest BCUT2D eigenvalue weighted by molar-refractivity contribution is 7.88. The van der Waals surface area contributed by atoms with E-state index in [1.54, 1.807) is 30.3 Å². The average Bonchev–Trinajstić information content (AvgIpc) is 2.61. The summed E-state index contributed by atoms with van der Waals surface area (Å²) in [6.07, 6.45) is 1.01. The van der Waals surface area contributed by atoms with Crippen molar-refractivity contribution < 1.29 is 22.9 Å². The van der Waals surface area contributed by atoms with Gasteiger partial charge in [-0.2, -0.15) is 4.31 Å². The molecule has 0 atom stereocenters. The van der Waals surface area contributed by atoms with Crippen LogP contribution in [0.15, 0.2) is 48.5 Å². The summed E-state index contributed by atoms with van der Waals surface area (Å²) in [6.45, 7) is -0.418. The summed E-state index contributed by atoms with van der Waals surface area (Å²) in [4.78, 5) is 22.7. The van der Waals surface area contributed by atoms with Crippen molar-refractivity contribution in [3.05, 3.63) is 64.2 Å². The first-order valence-electron chi connectivity index (χ1n) is 7.82. The van der Waals surface area contributed by atoms with Crippen LogP contribution in [0.1, 0.15) is 5.56 Å². The molecule has 10 heteroatoms. The number of ether oxygens (including phenoxy) is 1. The lowest BCUT2D eigenvalue weighted by molar-refractivity contribution is -0.384. The Kier molecular flexibility index (Phi) is 6.48. The molecule has 1 amide bonds. The van der Waals surface area contributed by atoms with Crippen molar-refractivity contribution in [1.29, 1.82) is 0 Å². The number of carbonyl (C=O) groups excluding carboxylic acids is 1. The Balaban J connectivity index is 2.18. The molecule has 2 rings (SSSR count). The van der Waals surface area contributed by atoms with Crippen LogP contribution in [0.25, 0.3) is 0 Å². The highest BCUT2D eigenvalue weighted by Crippen LogP contribution is 2.28. The minimum atomic E-state index is -3.65. The maximum atomic E-state index is 12.4. The molecule has 0 bridgehead atoms. The third kappa shape index (κ3) is 5.76. The summed E-state index contributed by atoms with van der Waals surface area (Å²) in [6, 6.07) is 12.6. The molecular formula is C17H19N3O6S. The number of anilines is 1. The molecule has 0 saturated carbocycles. The average molecular weight is 393 g/mol. The minimum absolute atomic E-state index is 0.0270. The Labute approximate surface area is 156 Å². The molecule has 9 nitrogen and oxygen atoms in total. The van der Waals surface area contributed by atoms with E-state index in [-0.39, 0.29) is 23.7 Å². The van der Waals surface area contributed by atoms with E-state index in [4.69, 9.17) is 4.74 Å². The van der Waals surface area contributed by atoms with Crippen LogP contribution in [-0.4, -0.2) is 43.5 Å². The maximum Gasteiger partial charge on any atom is 0.271 e. The van der Waals surface area contributed by atoms with Gasteiger partial charge in [0.15, 0.2) is 0 Å². The van der Waals surface area contributed by atoms with Crippen LogP contribution in [0.3, 0.4) is 0 Å². The van der Waals surface area contributed by atoms with Gasteiger partial charge < -0.3 is 10.1 Å². The number of methoxy groups -OCH3 is 1. The van der Waals surface area contributed by atoms with Crippen molar-refractivity contribution in [1.82, 2.24) is 4.31 Å². The Bertz CT molecular complexity index is 931. The number of hydrogen-bond acceptors (Lipinski definition) is 6. The number of non-ortho nitro benzene ring substituents is 1. The van der Waals surface area contributed by atoms with Crippen LogP contribution >= 0.6 is 0 Å². The number of sulfonamides is 1.